The molecular formula is C30H31Cl2N3O4. The van der Waals surface area contributed by atoms with Gasteiger partial charge in [-0.2, -0.15) is 0 Å². The highest BCUT2D eigenvalue weighted by molar-refractivity contribution is 6.34. The van der Waals surface area contributed by atoms with Gasteiger partial charge in [-0.3, -0.25) is 14.5 Å². The second-order valence-corrected chi connectivity index (χ2v) is 10.6. The third kappa shape index (κ3) is 6.62. The highest BCUT2D eigenvalue weighted by atomic mass is 35.5. The van der Waals surface area contributed by atoms with Gasteiger partial charge in [0.15, 0.2) is 0 Å². The quantitative estimate of drug-likeness (QED) is 0.290. The SMILES string of the molecule is COC1CCC(OCCNC2CC2)c2cc(Cl)ccc2N1C(=O)c1ccc(NC(=O)c2ccccc2Cl)cc1. The van der Waals surface area contributed by atoms with Gasteiger partial charge in [0.25, 0.3) is 11.8 Å². The molecule has 2 N–H and O–H groups in total. The molecule has 204 valence electrons. The van der Waals surface area contributed by atoms with Gasteiger partial charge in [0.2, 0.25) is 0 Å². The number of nitrogens with zero attached hydrogens (tertiary/aromatic N) is 1. The van der Waals surface area contributed by atoms with Gasteiger partial charge in [-0.25, -0.2) is 0 Å². The summed E-state index contributed by atoms with van der Waals surface area (Å²) in [5.74, 6) is -0.540. The molecule has 0 saturated heterocycles. The number of halogens is 2. The van der Waals surface area contributed by atoms with Crippen LogP contribution in [0.15, 0.2) is 66.7 Å². The Kier molecular flexibility index (Phi) is 8.85. The van der Waals surface area contributed by atoms with E-state index >= 15 is 0 Å². The first kappa shape index (κ1) is 27.6. The summed E-state index contributed by atoms with van der Waals surface area (Å²) < 4.78 is 12.1. The lowest BCUT2D eigenvalue weighted by atomic mass is 10.0. The number of amides is 2. The number of ether oxygens (including phenoxy) is 2. The largest absolute Gasteiger partial charge is 0.372 e. The van der Waals surface area contributed by atoms with Gasteiger partial charge in [-0.1, -0.05) is 35.3 Å². The van der Waals surface area contributed by atoms with Crippen molar-refractivity contribution in [3.05, 3.63) is 93.5 Å². The number of methoxy groups -OCH3 is 1. The van der Waals surface area contributed by atoms with Crippen molar-refractivity contribution in [2.24, 2.45) is 0 Å². The van der Waals surface area contributed by atoms with Crippen LogP contribution in [0.3, 0.4) is 0 Å². The fraction of sp³-hybridized carbons (Fsp3) is 0.333. The Balaban J connectivity index is 1.35. The molecule has 1 saturated carbocycles. The number of hydrogen-bond donors (Lipinski definition) is 2. The van der Waals surface area contributed by atoms with Gasteiger partial charge in [0.05, 0.1) is 29.0 Å². The van der Waals surface area contributed by atoms with Crippen LogP contribution in [-0.4, -0.2) is 44.3 Å². The van der Waals surface area contributed by atoms with Crippen molar-refractivity contribution in [1.29, 1.82) is 0 Å². The zero-order valence-corrected chi connectivity index (χ0v) is 23.2. The summed E-state index contributed by atoms with van der Waals surface area (Å²) in [6.45, 7) is 1.35. The number of anilines is 2. The Bertz CT molecular complexity index is 1330. The molecule has 0 radical (unpaired) electrons. The maximum absolute atomic E-state index is 13.9. The van der Waals surface area contributed by atoms with E-state index < -0.39 is 6.23 Å². The normalized spacial score (nSPS) is 18.8. The minimum atomic E-state index is -0.477. The molecule has 1 heterocycles. The molecular weight excluding hydrogens is 537 g/mol. The number of fused-ring (bicyclic) bond motifs is 1. The van der Waals surface area contributed by atoms with Crippen molar-refractivity contribution >= 4 is 46.4 Å². The van der Waals surface area contributed by atoms with Crippen LogP contribution in [0, 0.1) is 0 Å². The molecule has 1 aliphatic carbocycles. The molecule has 39 heavy (non-hydrogen) atoms. The zero-order valence-electron chi connectivity index (χ0n) is 21.7. The molecule has 0 spiro atoms. The third-order valence-corrected chi connectivity index (χ3v) is 7.56. The predicted molar refractivity (Wildman–Crippen MR) is 154 cm³/mol. The summed E-state index contributed by atoms with van der Waals surface area (Å²) >= 11 is 12.5. The fourth-order valence-electron chi connectivity index (χ4n) is 4.80. The molecule has 5 rings (SSSR count). The molecule has 7 nitrogen and oxygen atoms in total. The first-order valence-corrected chi connectivity index (χ1v) is 13.9. The Morgan fingerprint density at radius 1 is 0.974 bits per heavy atom. The minimum absolute atomic E-state index is 0.211. The van der Waals surface area contributed by atoms with Gasteiger partial charge in [-0.15, -0.1) is 0 Å². The summed E-state index contributed by atoms with van der Waals surface area (Å²) in [6, 6.07) is 19.7. The summed E-state index contributed by atoms with van der Waals surface area (Å²) in [4.78, 5) is 28.2. The smallest absolute Gasteiger partial charge is 0.260 e. The molecule has 3 aromatic rings. The van der Waals surface area contributed by atoms with Gasteiger partial charge in [-0.05, 0) is 80.3 Å². The van der Waals surface area contributed by atoms with Crippen molar-refractivity contribution in [3.8, 4) is 0 Å². The number of carbonyl (C=O) groups is 2. The molecule has 2 atom stereocenters. The monoisotopic (exact) mass is 567 g/mol. The van der Waals surface area contributed by atoms with Crippen LogP contribution in [0.1, 0.15) is 58.1 Å². The van der Waals surface area contributed by atoms with Crippen LogP contribution in [0.5, 0.6) is 0 Å². The van der Waals surface area contributed by atoms with Crippen molar-refractivity contribution < 1.29 is 19.1 Å². The van der Waals surface area contributed by atoms with Crippen molar-refractivity contribution in [2.75, 3.05) is 30.5 Å². The number of rotatable bonds is 9. The maximum Gasteiger partial charge on any atom is 0.260 e. The third-order valence-electron chi connectivity index (χ3n) is 6.99. The molecule has 0 bridgehead atoms. The van der Waals surface area contributed by atoms with Crippen molar-refractivity contribution in [3.63, 3.8) is 0 Å². The van der Waals surface area contributed by atoms with Gasteiger partial charge in [0.1, 0.15) is 6.23 Å². The summed E-state index contributed by atoms with van der Waals surface area (Å²) in [6.07, 6.45) is 3.05. The lowest BCUT2D eigenvalue weighted by molar-refractivity contribution is 0.0321. The average Bonchev–Trinajstić information content (AvgIpc) is 3.78. The van der Waals surface area contributed by atoms with E-state index in [1.807, 2.05) is 12.1 Å². The van der Waals surface area contributed by atoms with E-state index in [0.29, 0.717) is 58.0 Å². The van der Waals surface area contributed by atoms with Crippen molar-refractivity contribution in [1.82, 2.24) is 5.32 Å². The second-order valence-electron chi connectivity index (χ2n) is 9.75. The molecule has 1 aliphatic heterocycles. The van der Waals surface area contributed by atoms with Crippen LogP contribution in [0.2, 0.25) is 10.0 Å². The fourth-order valence-corrected chi connectivity index (χ4v) is 5.21. The lowest BCUT2D eigenvalue weighted by Gasteiger charge is -2.30. The molecule has 2 aliphatic rings. The Hall–Kier alpha value is -2.94. The first-order valence-electron chi connectivity index (χ1n) is 13.1. The standard InChI is InChI=1S/C30H31Cl2N3O4/c1-38-28-15-14-27(39-17-16-33-21-11-12-21)24-18-20(31)8-13-26(24)35(28)30(37)19-6-9-22(10-7-19)34-29(36)23-4-2-3-5-25(23)32/h2-10,13,18,21,27-28,33H,11-12,14-17H2,1H3,(H,34,36). The molecule has 2 unspecified atom stereocenters. The average molecular weight is 569 g/mol. The van der Waals surface area contributed by atoms with Gasteiger partial charge in [0, 0.05) is 41.5 Å². The van der Waals surface area contributed by atoms with E-state index in [9.17, 15) is 9.59 Å². The van der Waals surface area contributed by atoms with E-state index in [-0.39, 0.29) is 17.9 Å². The van der Waals surface area contributed by atoms with Gasteiger partial charge < -0.3 is 20.1 Å². The lowest BCUT2D eigenvalue weighted by Crippen LogP contribution is -2.41. The van der Waals surface area contributed by atoms with Crippen molar-refractivity contribution in [2.45, 2.75) is 44.1 Å². The highest BCUT2D eigenvalue weighted by Gasteiger charge is 2.34. The molecule has 9 heteroatoms. The first-order chi connectivity index (χ1) is 18.9. The number of hydrogen-bond acceptors (Lipinski definition) is 5. The minimum Gasteiger partial charge on any atom is -0.372 e. The zero-order chi connectivity index (χ0) is 27.4. The van der Waals surface area contributed by atoms with Crippen LogP contribution in [0.4, 0.5) is 11.4 Å². The summed E-state index contributed by atoms with van der Waals surface area (Å²) in [7, 11) is 1.61. The van der Waals surface area contributed by atoms with E-state index in [0.717, 1.165) is 12.1 Å². The number of carbonyl (C=O) groups excluding carboxylic acids is 2. The van der Waals surface area contributed by atoms with Crippen LogP contribution < -0.4 is 15.5 Å². The summed E-state index contributed by atoms with van der Waals surface area (Å²) in [5, 5.41) is 7.25. The number of benzene rings is 3. The van der Waals surface area contributed by atoms with Crippen LogP contribution >= 0.6 is 23.2 Å². The molecule has 0 aromatic heterocycles. The molecule has 1 fully saturated rings. The summed E-state index contributed by atoms with van der Waals surface area (Å²) in [5.41, 5.74) is 2.97. The van der Waals surface area contributed by atoms with E-state index in [1.54, 1.807) is 66.6 Å². The topological polar surface area (TPSA) is 79.9 Å². The predicted octanol–water partition coefficient (Wildman–Crippen LogP) is 6.47. The Morgan fingerprint density at radius 3 is 2.46 bits per heavy atom. The highest BCUT2D eigenvalue weighted by Crippen LogP contribution is 2.40. The maximum atomic E-state index is 13.9. The number of nitrogens with one attached hydrogen (secondary N) is 2. The van der Waals surface area contributed by atoms with Gasteiger partial charge >= 0.3 is 0 Å². The molecule has 3 aromatic carbocycles. The molecule has 2 amide bonds. The second kappa shape index (κ2) is 12.5. The van der Waals surface area contributed by atoms with Crippen LogP contribution in [0.25, 0.3) is 0 Å². The van der Waals surface area contributed by atoms with E-state index in [1.165, 1.54) is 12.8 Å². The Morgan fingerprint density at radius 2 is 1.74 bits per heavy atom. The van der Waals surface area contributed by atoms with Crippen LogP contribution in [-0.2, 0) is 9.47 Å². The van der Waals surface area contributed by atoms with E-state index in [2.05, 4.69) is 10.6 Å². The van der Waals surface area contributed by atoms with E-state index in [4.69, 9.17) is 32.7 Å². The Labute approximate surface area is 238 Å².